The lowest BCUT2D eigenvalue weighted by Gasteiger charge is -2.45. The maximum Gasteiger partial charge on any atom is 0.289 e. The zero-order chi connectivity index (χ0) is 33.6. The summed E-state index contributed by atoms with van der Waals surface area (Å²) in [5, 5.41) is 23.5. The summed E-state index contributed by atoms with van der Waals surface area (Å²) in [6.45, 7) is 11.6. The number of likely N-dealkylation sites (tertiary alicyclic amines) is 1. The molecular weight excluding hydrogens is 608 g/mol. The average Bonchev–Trinajstić information content (AvgIpc) is 3.53. The van der Waals surface area contributed by atoms with E-state index in [-0.39, 0.29) is 17.2 Å². The molecule has 6 atom stereocenters. The minimum Gasteiger partial charge on any atom is -0.365 e. The molecule has 2 saturated carbocycles. The van der Waals surface area contributed by atoms with Crippen LogP contribution in [0.5, 0.6) is 0 Å². The molecule has 4 aliphatic rings. The Morgan fingerprint density at radius 2 is 1.67 bits per heavy atom. The molecule has 262 valence electrons. The number of hydrogen-bond acceptors (Lipinski definition) is 8. The van der Waals surface area contributed by atoms with Crippen molar-refractivity contribution in [1.82, 2.24) is 30.5 Å². The van der Waals surface area contributed by atoms with Gasteiger partial charge in [-0.3, -0.25) is 29.8 Å². The molecule has 46 heavy (non-hydrogen) atoms. The van der Waals surface area contributed by atoms with Crippen LogP contribution in [0, 0.1) is 5.41 Å². The fourth-order valence-corrected chi connectivity index (χ4v) is 9.24. The van der Waals surface area contributed by atoms with Crippen LogP contribution in [-0.4, -0.2) is 103 Å². The lowest BCUT2D eigenvalue weighted by atomic mass is 9.78. The van der Waals surface area contributed by atoms with Crippen LogP contribution in [0.2, 0.25) is 0 Å². The van der Waals surface area contributed by atoms with E-state index in [0.717, 1.165) is 64.3 Å². The van der Waals surface area contributed by atoms with Gasteiger partial charge < -0.3 is 20.6 Å². The van der Waals surface area contributed by atoms with E-state index in [2.05, 4.69) is 21.3 Å². The Morgan fingerprint density at radius 1 is 0.978 bits per heavy atom. The number of hydrogen-bond donors (Lipinski definition) is 5. The molecule has 2 aliphatic heterocycles. The first kappa shape index (κ1) is 36.9. The summed E-state index contributed by atoms with van der Waals surface area (Å²) in [6.07, 6.45) is 8.86. The first-order valence-corrected chi connectivity index (χ1v) is 18.8. The highest BCUT2D eigenvalue weighted by Crippen LogP contribution is 2.38. The van der Waals surface area contributed by atoms with Crippen LogP contribution < -0.4 is 21.3 Å². The Balaban J connectivity index is 1.45. The molecule has 0 aromatic rings. The van der Waals surface area contributed by atoms with E-state index < -0.39 is 64.0 Å². The van der Waals surface area contributed by atoms with Gasteiger partial charge in [0, 0.05) is 31.2 Å². The van der Waals surface area contributed by atoms with Gasteiger partial charge in [0.2, 0.25) is 17.6 Å². The summed E-state index contributed by atoms with van der Waals surface area (Å²) in [4.78, 5) is 54.9. The molecule has 0 radical (unpaired) electrons. The molecule has 0 spiro atoms. The predicted molar refractivity (Wildman–Crippen MR) is 177 cm³/mol. The first-order valence-electron chi connectivity index (χ1n) is 17.6. The second kappa shape index (κ2) is 16.0. The molecule has 0 bridgehead atoms. The van der Waals surface area contributed by atoms with E-state index in [4.69, 9.17) is 0 Å². The summed E-state index contributed by atoms with van der Waals surface area (Å²) in [5.41, 5.74) is -1.12. The Hall–Kier alpha value is -1.93. The SMILES string of the molecule is CCCCC(NC(=O)[C@@H]1CCCN1C(=O)[C@@H](NC(O)NC1([C@@H]2CCN(CC)S2=O)CCCCC1)C(C)(C)C)C(=O)C(=O)NC1CC1. The Labute approximate surface area is 277 Å². The highest BCUT2D eigenvalue weighted by atomic mass is 32.2. The quantitative estimate of drug-likeness (QED) is 0.131. The number of unbranched alkanes of at least 4 members (excludes halogenated alkanes) is 1. The smallest absolute Gasteiger partial charge is 0.289 e. The molecule has 2 aliphatic carbocycles. The molecule has 13 heteroatoms. The van der Waals surface area contributed by atoms with Gasteiger partial charge in [0.15, 0.2) is 6.35 Å². The molecule has 0 aromatic heterocycles. The van der Waals surface area contributed by atoms with Crippen LogP contribution >= 0.6 is 0 Å². The third-order valence-electron chi connectivity index (χ3n) is 10.2. The number of aliphatic hydroxyl groups excluding tert-OH is 1. The number of Topliss-reactive ketones (excluding diaryl/α,β-unsaturated/α-hetero) is 1. The van der Waals surface area contributed by atoms with Crippen molar-refractivity contribution < 1.29 is 28.5 Å². The predicted octanol–water partition coefficient (Wildman–Crippen LogP) is 1.83. The van der Waals surface area contributed by atoms with Crippen LogP contribution in [0.3, 0.4) is 0 Å². The zero-order valence-corrected chi connectivity index (χ0v) is 29.4. The summed E-state index contributed by atoms with van der Waals surface area (Å²) < 4.78 is 15.4. The summed E-state index contributed by atoms with van der Waals surface area (Å²) in [7, 11) is -1.15. The van der Waals surface area contributed by atoms with Crippen molar-refractivity contribution in [2.45, 2.75) is 159 Å². The number of aliphatic hydroxyl groups is 1. The molecule has 2 saturated heterocycles. The molecule has 3 unspecified atom stereocenters. The minimum absolute atomic E-state index is 0.0351. The van der Waals surface area contributed by atoms with Gasteiger partial charge in [-0.05, 0) is 56.8 Å². The fraction of sp³-hybridized carbons (Fsp3) is 0.879. The molecule has 4 rings (SSSR count). The maximum absolute atomic E-state index is 14.2. The van der Waals surface area contributed by atoms with E-state index in [1.165, 1.54) is 0 Å². The van der Waals surface area contributed by atoms with E-state index >= 15 is 0 Å². The summed E-state index contributed by atoms with van der Waals surface area (Å²) in [5.74, 6) is -2.04. The molecule has 12 nitrogen and oxygen atoms in total. The van der Waals surface area contributed by atoms with Gasteiger partial charge >= 0.3 is 0 Å². The van der Waals surface area contributed by atoms with Crippen LogP contribution in [-0.2, 0) is 30.2 Å². The first-order chi connectivity index (χ1) is 21.8. The van der Waals surface area contributed by atoms with Gasteiger partial charge in [0.25, 0.3) is 5.91 Å². The van der Waals surface area contributed by atoms with Crippen molar-refractivity contribution in [1.29, 1.82) is 0 Å². The molecule has 2 heterocycles. The van der Waals surface area contributed by atoms with Crippen LogP contribution in [0.1, 0.15) is 118 Å². The number of carbonyl (C=O) groups is 4. The van der Waals surface area contributed by atoms with E-state index in [1.54, 1.807) is 4.90 Å². The largest absolute Gasteiger partial charge is 0.365 e. The standard InChI is InChI=1S/C33H58N6O6S/c1-6-8-13-23(26(40)29(42)34-22-15-16-22)35-28(41)24-14-12-20-39(24)30(43)27(32(3,4)5)36-31(44)37-33(18-10-9-11-19-33)25-17-21-38(7-2)46(25)45/h22-25,27,31,36-37,44H,6-21H2,1-5H3,(H,34,42)(H,35,41)/t23?,24-,25-,27+,31?,46?/m0/s1. The van der Waals surface area contributed by atoms with E-state index in [0.29, 0.717) is 38.8 Å². The van der Waals surface area contributed by atoms with Gasteiger partial charge in [0.05, 0.1) is 28.3 Å². The minimum atomic E-state index is -1.23. The van der Waals surface area contributed by atoms with Crippen LogP contribution in [0.25, 0.3) is 0 Å². The molecule has 3 amide bonds. The Kier molecular flexibility index (Phi) is 12.8. The Morgan fingerprint density at radius 3 is 2.26 bits per heavy atom. The van der Waals surface area contributed by atoms with Crippen molar-refractivity contribution in [2.24, 2.45) is 5.41 Å². The molecule has 5 N–H and O–H groups in total. The maximum atomic E-state index is 14.2. The Bertz CT molecular complexity index is 1120. The van der Waals surface area contributed by atoms with Crippen molar-refractivity contribution in [3.05, 3.63) is 0 Å². The number of carbonyl (C=O) groups excluding carboxylic acids is 4. The van der Waals surface area contributed by atoms with Crippen LogP contribution in [0.15, 0.2) is 0 Å². The number of nitrogens with zero attached hydrogens (tertiary/aromatic N) is 2. The van der Waals surface area contributed by atoms with Crippen molar-refractivity contribution in [3.8, 4) is 0 Å². The molecule has 4 fully saturated rings. The monoisotopic (exact) mass is 666 g/mol. The van der Waals surface area contributed by atoms with Gasteiger partial charge in [-0.2, -0.15) is 0 Å². The number of amides is 3. The number of nitrogens with one attached hydrogen (secondary N) is 4. The molecule has 0 aromatic carbocycles. The fourth-order valence-electron chi connectivity index (χ4n) is 7.35. The molecular formula is C33H58N6O6S. The zero-order valence-electron chi connectivity index (χ0n) is 28.6. The average molecular weight is 667 g/mol. The number of ketones is 1. The number of rotatable bonds is 15. The summed E-state index contributed by atoms with van der Waals surface area (Å²) in [6, 6.07) is -2.51. The highest BCUT2D eigenvalue weighted by molar-refractivity contribution is 7.83. The van der Waals surface area contributed by atoms with Crippen molar-refractivity contribution >= 4 is 34.5 Å². The van der Waals surface area contributed by atoms with Gasteiger partial charge in [-0.15, -0.1) is 0 Å². The van der Waals surface area contributed by atoms with Gasteiger partial charge in [0.1, 0.15) is 6.04 Å². The normalized spacial score (nSPS) is 27.2. The van der Waals surface area contributed by atoms with Crippen molar-refractivity contribution in [2.75, 3.05) is 19.6 Å². The van der Waals surface area contributed by atoms with E-state index in [9.17, 15) is 28.5 Å². The topological polar surface area (TPSA) is 160 Å². The van der Waals surface area contributed by atoms with Crippen molar-refractivity contribution in [3.63, 3.8) is 0 Å². The van der Waals surface area contributed by atoms with Gasteiger partial charge in [-0.1, -0.05) is 66.7 Å². The lowest BCUT2D eigenvalue weighted by Crippen LogP contribution is -2.66. The van der Waals surface area contributed by atoms with Crippen LogP contribution in [0.4, 0.5) is 0 Å². The third-order valence-corrected chi connectivity index (χ3v) is 12.3. The lowest BCUT2D eigenvalue weighted by molar-refractivity contribution is -0.145. The summed E-state index contributed by atoms with van der Waals surface area (Å²) >= 11 is 0. The van der Waals surface area contributed by atoms with Gasteiger partial charge in [-0.25, -0.2) is 8.51 Å². The highest BCUT2D eigenvalue weighted by Gasteiger charge is 2.49. The second-order valence-corrected chi connectivity index (χ2v) is 16.4. The van der Waals surface area contributed by atoms with E-state index in [1.807, 2.05) is 38.9 Å². The third kappa shape index (κ3) is 8.94. The second-order valence-electron chi connectivity index (χ2n) is 14.8.